The summed E-state index contributed by atoms with van der Waals surface area (Å²) >= 11 is 0. The third-order valence-corrected chi connectivity index (χ3v) is 3.40. The van der Waals surface area contributed by atoms with Crippen molar-refractivity contribution < 1.29 is 4.48 Å². The zero-order valence-electron chi connectivity index (χ0n) is 7.56. The number of hydrogen-bond donors (Lipinski definition) is 0. The summed E-state index contributed by atoms with van der Waals surface area (Å²) in [6.07, 6.45) is 4.41. The number of hydrogen-bond acceptors (Lipinski definition) is 0. The van der Waals surface area contributed by atoms with Gasteiger partial charge in [0.1, 0.15) is 0 Å². The minimum Gasteiger partial charge on any atom is -0.324 e. The predicted molar refractivity (Wildman–Crippen MR) is 44.9 cm³/mol. The molecule has 10 heavy (non-hydrogen) atoms. The van der Waals surface area contributed by atoms with Crippen LogP contribution < -0.4 is 0 Å². The minimum absolute atomic E-state index is 0.995. The van der Waals surface area contributed by atoms with E-state index in [2.05, 4.69) is 20.9 Å². The zero-order chi connectivity index (χ0) is 7.61. The van der Waals surface area contributed by atoms with Crippen LogP contribution in [0.4, 0.5) is 0 Å². The Labute approximate surface area is 64.6 Å². The molecule has 0 radical (unpaired) electrons. The van der Waals surface area contributed by atoms with Crippen LogP contribution in [-0.2, 0) is 0 Å². The number of nitrogens with zero attached hydrogens (tertiary/aromatic N) is 1. The van der Waals surface area contributed by atoms with E-state index in [1.54, 1.807) is 0 Å². The minimum atomic E-state index is 0.995. The second-order valence-electron chi connectivity index (χ2n) is 3.70. The third-order valence-electron chi connectivity index (χ3n) is 3.40. The van der Waals surface area contributed by atoms with Crippen molar-refractivity contribution in [2.75, 3.05) is 20.1 Å². The third kappa shape index (κ3) is 1.20. The molecule has 1 aliphatic carbocycles. The molecule has 1 fully saturated rings. The molecule has 60 valence electrons. The number of quaternary nitrogens is 1. The van der Waals surface area contributed by atoms with E-state index in [9.17, 15) is 0 Å². The van der Waals surface area contributed by atoms with Crippen LogP contribution in [0.15, 0.2) is 0 Å². The largest absolute Gasteiger partial charge is 0.324 e. The summed E-state index contributed by atoms with van der Waals surface area (Å²) in [5.74, 6) is 0. The Kier molecular flexibility index (Phi) is 2.35. The van der Waals surface area contributed by atoms with E-state index in [4.69, 9.17) is 0 Å². The van der Waals surface area contributed by atoms with Crippen molar-refractivity contribution in [2.45, 2.75) is 39.2 Å². The SMILES string of the molecule is CC[N+](C)(CC)C1CCC1. The second-order valence-corrected chi connectivity index (χ2v) is 3.70. The van der Waals surface area contributed by atoms with Crippen LogP contribution in [0.25, 0.3) is 0 Å². The van der Waals surface area contributed by atoms with E-state index >= 15 is 0 Å². The van der Waals surface area contributed by atoms with Crippen LogP contribution in [0, 0.1) is 0 Å². The fraction of sp³-hybridized carbons (Fsp3) is 1.00. The number of rotatable bonds is 3. The molecular weight excluding hydrogens is 122 g/mol. The van der Waals surface area contributed by atoms with Crippen molar-refractivity contribution in [3.05, 3.63) is 0 Å². The summed E-state index contributed by atoms with van der Waals surface area (Å²) in [7, 11) is 2.39. The summed E-state index contributed by atoms with van der Waals surface area (Å²) in [4.78, 5) is 0. The maximum Gasteiger partial charge on any atom is 0.0888 e. The summed E-state index contributed by atoms with van der Waals surface area (Å²) < 4.78 is 1.31. The Balaban J connectivity index is 2.44. The molecule has 0 aromatic heterocycles. The first kappa shape index (κ1) is 8.06. The molecule has 0 bridgehead atoms. The molecule has 0 spiro atoms. The van der Waals surface area contributed by atoms with Crippen molar-refractivity contribution in [1.29, 1.82) is 0 Å². The van der Waals surface area contributed by atoms with Gasteiger partial charge in [-0.15, -0.1) is 0 Å². The van der Waals surface area contributed by atoms with Crippen molar-refractivity contribution in [1.82, 2.24) is 0 Å². The Bertz CT molecular complexity index is 101. The second kappa shape index (κ2) is 2.91. The van der Waals surface area contributed by atoms with Gasteiger partial charge in [0.05, 0.1) is 26.2 Å². The summed E-state index contributed by atoms with van der Waals surface area (Å²) in [6, 6.07) is 0.995. The lowest BCUT2D eigenvalue weighted by molar-refractivity contribution is -0.935. The van der Waals surface area contributed by atoms with Crippen molar-refractivity contribution in [3.8, 4) is 0 Å². The molecule has 1 heteroatoms. The standard InChI is InChI=1S/C9H20N/c1-4-10(3,5-2)9-7-6-8-9/h9H,4-8H2,1-3H3/q+1. The molecule has 0 aromatic rings. The first-order chi connectivity index (χ1) is 4.73. The molecule has 1 nitrogen and oxygen atoms in total. The quantitative estimate of drug-likeness (QED) is 0.529. The average molecular weight is 142 g/mol. The van der Waals surface area contributed by atoms with Gasteiger partial charge in [-0.3, -0.25) is 0 Å². The molecule has 0 atom stereocenters. The molecule has 0 aromatic carbocycles. The van der Waals surface area contributed by atoms with E-state index in [1.807, 2.05) is 0 Å². The molecule has 0 N–H and O–H groups in total. The van der Waals surface area contributed by atoms with Gasteiger partial charge in [-0.25, -0.2) is 0 Å². The van der Waals surface area contributed by atoms with Crippen LogP contribution in [0.1, 0.15) is 33.1 Å². The Hall–Kier alpha value is -0.0400. The fourth-order valence-corrected chi connectivity index (χ4v) is 1.75. The van der Waals surface area contributed by atoms with E-state index in [1.165, 1.54) is 36.8 Å². The molecule has 1 saturated carbocycles. The van der Waals surface area contributed by atoms with Crippen LogP contribution in [0.3, 0.4) is 0 Å². The van der Waals surface area contributed by atoms with Gasteiger partial charge in [0.15, 0.2) is 0 Å². The lowest BCUT2D eigenvalue weighted by atomic mass is 9.89. The first-order valence-corrected chi connectivity index (χ1v) is 4.57. The highest BCUT2D eigenvalue weighted by atomic mass is 15.4. The maximum atomic E-state index is 2.39. The van der Waals surface area contributed by atoms with Gasteiger partial charge in [0, 0.05) is 0 Å². The zero-order valence-corrected chi connectivity index (χ0v) is 7.56. The van der Waals surface area contributed by atoms with Crippen molar-refractivity contribution in [2.24, 2.45) is 0 Å². The van der Waals surface area contributed by atoms with E-state index in [-0.39, 0.29) is 0 Å². The smallest absolute Gasteiger partial charge is 0.0888 e. The van der Waals surface area contributed by atoms with Gasteiger partial charge in [0.2, 0.25) is 0 Å². The molecular formula is C9H20N+. The monoisotopic (exact) mass is 142 g/mol. The molecule has 1 rings (SSSR count). The maximum absolute atomic E-state index is 2.39. The normalized spacial score (nSPS) is 20.7. The van der Waals surface area contributed by atoms with Crippen LogP contribution in [0.5, 0.6) is 0 Å². The summed E-state index contributed by atoms with van der Waals surface area (Å²) in [6.45, 7) is 7.23. The van der Waals surface area contributed by atoms with Gasteiger partial charge >= 0.3 is 0 Å². The predicted octanol–water partition coefficient (Wildman–Crippen LogP) is 2.03. The fourth-order valence-electron chi connectivity index (χ4n) is 1.75. The van der Waals surface area contributed by atoms with E-state index < -0.39 is 0 Å². The van der Waals surface area contributed by atoms with Crippen LogP contribution >= 0.6 is 0 Å². The first-order valence-electron chi connectivity index (χ1n) is 4.57. The van der Waals surface area contributed by atoms with Gasteiger partial charge in [-0.05, 0) is 33.1 Å². The molecule has 1 aliphatic rings. The Morgan fingerprint density at radius 3 is 1.80 bits per heavy atom. The van der Waals surface area contributed by atoms with Gasteiger partial charge in [-0.2, -0.15) is 0 Å². The van der Waals surface area contributed by atoms with E-state index in [0.717, 1.165) is 6.04 Å². The molecule has 0 amide bonds. The highest BCUT2D eigenvalue weighted by Crippen LogP contribution is 2.28. The van der Waals surface area contributed by atoms with Crippen molar-refractivity contribution in [3.63, 3.8) is 0 Å². The Morgan fingerprint density at radius 1 is 1.20 bits per heavy atom. The summed E-state index contributed by atoms with van der Waals surface area (Å²) in [5, 5.41) is 0. The van der Waals surface area contributed by atoms with E-state index in [0.29, 0.717) is 0 Å². The molecule has 0 unspecified atom stereocenters. The van der Waals surface area contributed by atoms with Crippen LogP contribution in [-0.4, -0.2) is 30.7 Å². The lowest BCUT2D eigenvalue weighted by Gasteiger charge is -2.44. The molecule has 0 aliphatic heterocycles. The highest BCUT2D eigenvalue weighted by molar-refractivity contribution is 4.69. The molecule has 0 heterocycles. The van der Waals surface area contributed by atoms with Gasteiger partial charge in [0.25, 0.3) is 0 Å². The summed E-state index contributed by atoms with van der Waals surface area (Å²) in [5.41, 5.74) is 0. The van der Waals surface area contributed by atoms with Crippen LogP contribution in [0.2, 0.25) is 0 Å². The van der Waals surface area contributed by atoms with Gasteiger partial charge in [-0.1, -0.05) is 0 Å². The topological polar surface area (TPSA) is 0 Å². The Morgan fingerprint density at radius 2 is 1.70 bits per heavy atom. The molecule has 0 saturated heterocycles. The lowest BCUT2D eigenvalue weighted by Crippen LogP contribution is -2.54. The van der Waals surface area contributed by atoms with Gasteiger partial charge < -0.3 is 4.48 Å². The van der Waals surface area contributed by atoms with Crippen molar-refractivity contribution >= 4 is 0 Å². The highest BCUT2D eigenvalue weighted by Gasteiger charge is 2.33. The average Bonchev–Trinajstić information content (AvgIpc) is 1.84.